The summed E-state index contributed by atoms with van der Waals surface area (Å²) in [5, 5.41) is 11.3. The summed E-state index contributed by atoms with van der Waals surface area (Å²) in [6.45, 7) is 0. The molecule has 0 bridgehead atoms. The topological polar surface area (TPSA) is 62.2 Å². The number of hydrogen-bond acceptors (Lipinski definition) is 4. The van der Waals surface area contributed by atoms with Gasteiger partial charge in [-0.25, -0.2) is 0 Å². The lowest BCUT2D eigenvalue weighted by Crippen LogP contribution is -2.23. The Hall–Kier alpha value is -0.940. The average molecular weight is 172 g/mol. The Morgan fingerprint density at radius 3 is 3.00 bits per heavy atom. The molecule has 5 heteroatoms. The van der Waals surface area contributed by atoms with Crippen molar-refractivity contribution in [3.63, 3.8) is 0 Å². The van der Waals surface area contributed by atoms with Crippen LogP contribution in [0.5, 0.6) is 0 Å². The Kier molecular flexibility index (Phi) is 2.56. The normalized spacial score (nSPS) is 12.8. The summed E-state index contributed by atoms with van der Waals surface area (Å²) in [5.74, 6) is -0.878. The van der Waals surface area contributed by atoms with Crippen molar-refractivity contribution in [3.8, 4) is 0 Å². The minimum Gasteiger partial charge on any atom is -0.480 e. The van der Waals surface area contributed by atoms with Gasteiger partial charge in [0.05, 0.1) is 10.4 Å². The van der Waals surface area contributed by atoms with Crippen LogP contribution >= 0.6 is 11.3 Å². The summed E-state index contributed by atoms with van der Waals surface area (Å²) in [6.07, 6.45) is 1.56. The summed E-state index contributed by atoms with van der Waals surface area (Å²) in [6, 6.07) is -0.623. The SMILES string of the molecule is CNC(C(=O)O)c1cncs1. The minimum absolute atomic E-state index is 0.623. The number of thiazole rings is 1. The fourth-order valence-corrected chi connectivity index (χ4v) is 1.48. The van der Waals surface area contributed by atoms with Gasteiger partial charge in [0.1, 0.15) is 6.04 Å². The molecule has 11 heavy (non-hydrogen) atoms. The Morgan fingerprint density at radius 1 is 1.91 bits per heavy atom. The van der Waals surface area contributed by atoms with Crippen molar-refractivity contribution in [2.24, 2.45) is 0 Å². The maximum atomic E-state index is 10.5. The van der Waals surface area contributed by atoms with Gasteiger partial charge in [-0.15, -0.1) is 11.3 Å². The zero-order chi connectivity index (χ0) is 8.27. The molecule has 0 spiro atoms. The van der Waals surface area contributed by atoms with Crippen LogP contribution in [0.15, 0.2) is 11.7 Å². The molecule has 0 radical (unpaired) electrons. The van der Waals surface area contributed by atoms with Gasteiger partial charge >= 0.3 is 5.97 Å². The van der Waals surface area contributed by atoms with Gasteiger partial charge in [0.25, 0.3) is 0 Å². The van der Waals surface area contributed by atoms with E-state index in [2.05, 4.69) is 10.3 Å². The second-order valence-electron chi connectivity index (χ2n) is 1.96. The molecular weight excluding hydrogens is 164 g/mol. The number of likely N-dealkylation sites (N-methyl/N-ethyl adjacent to an activating group) is 1. The van der Waals surface area contributed by atoms with E-state index in [1.54, 1.807) is 18.8 Å². The monoisotopic (exact) mass is 172 g/mol. The Balaban J connectivity index is 2.79. The third kappa shape index (κ3) is 1.75. The van der Waals surface area contributed by atoms with Crippen molar-refractivity contribution < 1.29 is 9.90 Å². The smallest absolute Gasteiger partial charge is 0.326 e. The Morgan fingerprint density at radius 2 is 2.64 bits per heavy atom. The molecule has 0 aromatic carbocycles. The maximum absolute atomic E-state index is 10.5. The van der Waals surface area contributed by atoms with Crippen LogP contribution in [0.4, 0.5) is 0 Å². The van der Waals surface area contributed by atoms with Gasteiger partial charge in [-0.2, -0.15) is 0 Å². The van der Waals surface area contributed by atoms with Gasteiger partial charge < -0.3 is 10.4 Å². The molecule has 2 N–H and O–H groups in total. The van der Waals surface area contributed by atoms with Crippen molar-refractivity contribution in [1.29, 1.82) is 0 Å². The molecule has 1 atom stereocenters. The molecule has 0 saturated carbocycles. The van der Waals surface area contributed by atoms with E-state index in [0.717, 1.165) is 4.88 Å². The van der Waals surface area contributed by atoms with Crippen LogP contribution in [-0.2, 0) is 4.79 Å². The molecule has 0 saturated heterocycles. The molecule has 1 aromatic heterocycles. The van der Waals surface area contributed by atoms with Crippen LogP contribution in [0.25, 0.3) is 0 Å². The van der Waals surface area contributed by atoms with Crippen molar-refractivity contribution in [3.05, 3.63) is 16.6 Å². The number of nitrogens with zero attached hydrogens (tertiary/aromatic N) is 1. The van der Waals surface area contributed by atoms with Gasteiger partial charge in [-0.05, 0) is 7.05 Å². The largest absolute Gasteiger partial charge is 0.480 e. The van der Waals surface area contributed by atoms with E-state index >= 15 is 0 Å². The van der Waals surface area contributed by atoms with E-state index in [-0.39, 0.29) is 0 Å². The van der Waals surface area contributed by atoms with Gasteiger partial charge in [0, 0.05) is 6.20 Å². The number of aromatic nitrogens is 1. The van der Waals surface area contributed by atoms with Gasteiger partial charge in [-0.1, -0.05) is 0 Å². The molecule has 0 aliphatic carbocycles. The van der Waals surface area contributed by atoms with Crippen LogP contribution in [0.1, 0.15) is 10.9 Å². The lowest BCUT2D eigenvalue weighted by molar-refractivity contribution is -0.139. The highest BCUT2D eigenvalue weighted by molar-refractivity contribution is 7.09. The average Bonchev–Trinajstić information content (AvgIpc) is 2.40. The molecule has 60 valence electrons. The zero-order valence-corrected chi connectivity index (χ0v) is 6.76. The van der Waals surface area contributed by atoms with Crippen LogP contribution in [-0.4, -0.2) is 23.1 Å². The van der Waals surface area contributed by atoms with Gasteiger partial charge in [0.2, 0.25) is 0 Å². The number of rotatable bonds is 3. The summed E-state index contributed by atoms with van der Waals surface area (Å²) in [7, 11) is 1.61. The lowest BCUT2D eigenvalue weighted by atomic mass is 10.3. The summed E-state index contributed by atoms with van der Waals surface area (Å²) >= 11 is 1.33. The number of hydrogen-bond donors (Lipinski definition) is 2. The fraction of sp³-hybridized carbons (Fsp3) is 0.333. The van der Waals surface area contributed by atoms with Crippen LogP contribution in [0.2, 0.25) is 0 Å². The molecular formula is C6H8N2O2S. The van der Waals surface area contributed by atoms with Crippen LogP contribution in [0, 0.1) is 0 Å². The Bertz CT molecular complexity index is 235. The first-order chi connectivity index (χ1) is 5.25. The predicted octanol–water partition coefficient (Wildman–Crippen LogP) is 0.488. The molecule has 0 fully saturated rings. The van der Waals surface area contributed by atoms with Gasteiger partial charge in [0.15, 0.2) is 0 Å². The van der Waals surface area contributed by atoms with Crippen LogP contribution in [0.3, 0.4) is 0 Å². The van der Waals surface area contributed by atoms with E-state index in [1.165, 1.54) is 11.3 Å². The molecule has 1 rings (SSSR count). The molecule has 0 aliphatic rings. The van der Waals surface area contributed by atoms with E-state index in [1.807, 2.05) is 0 Å². The highest BCUT2D eigenvalue weighted by atomic mass is 32.1. The quantitative estimate of drug-likeness (QED) is 0.696. The van der Waals surface area contributed by atoms with E-state index in [4.69, 9.17) is 5.11 Å². The molecule has 0 aliphatic heterocycles. The number of aliphatic carboxylic acids is 1. The van der Waals surface area contributed by atoms with Gasteiger partial charge in [-0.3, -0.25) is 9.78 Å². The predicted molar refractivity (Wildman–Crippen MR) is 41.6 cm³/mol. The first kappa shape index (κ1) is 8.16. The highest BCUT2D eigenvalue weighted by Gasteiger charge is 2.18. The summed E-state index contributed by atoms with van der Waals surface area (Å²) in [5.41, 5.74) is 1.61. The third-order valence-electron chi connectivity index (χ3n) is 1.27. The number of carbonyl (C=O) groups is 1. The van der Waals surface area contributed by atoms with Crippen molar-refractivity contribution in [2.75, 3.05) is 7.05 Å². The number of carboxylic acids is 1. The van der Waals surface area contributed by atoms with Crippen molar-refractivity contribution in [2.45, 2.75) is 6.04 Å². The Labute approximate surface area is 67.9 Å². The van der Waals surface area contributed by atoms with E-state index in [9.17, 15) is 4.79 Å². The number of carboxylic acid groups (broad SMARTS) is 1. The highest BCUT2D eigenvalue weighted by Crippen LogP contribution is 2.16. The van der Waals surface area contributed by atoms with Crippen LogP contribution < -0.4 is 5.32 Å². The standard InChI is InChI=1S/C6H8N2O2S/c1-7-5(6(9)10)4-2-8-3-11-4/h2-3,5,7H,1H3,(H,9,10). The molecule has 1 unspecified atom stereocenters. The first-order valence-electron chi connectivity index (χ1n) is 3.04. The zero-order valence-electron chi connectivity index (χ0n) is 5.94. The lowest BCUT2D eigenvalue weighted by Gasteiger charge is -2.06. The van der Waals surface area contributed by atoms with E-state index < -0.39 is 12.0 Å². The van der Waals surface area contributed by atoms with Crippen molar-refractivity contribution in [1.82, 2.24) is 10.3 Å². The molecule has 1 aromatic rings. The van der Waals surface area contributed by atoms with E-state index in [0.29, 0.717) is 0 Å². The minimum atomic E-state index is -0.878. The number of nitrogens with one attached hydrogen (secondary N) is 1. The second-order valence-corrected chi connectivity index (χ2v) is 2.88. The molecule has 4 nitrogen and oxygen atoms in total. The summed E-state index contributed by atoms with van der Waals surface area (Å²) in [4.78, 5) is 15.1. The van der Waals surface area contributed by atoms with Crippen molar-refractivity contribution >= 4 is 17.3 Å². The fourth-order valence-electron chi connectivity index (χ4n) is 0.756. The second kappa shape index (κ2) is 3.45. The molecule has 1 heterocycles. The molecule has 0 amide bonds. The summed E-state index contributed by atoms with van der Waals surface area (Å²) < 4.78 is 0. The first-order valence-corrected chi connectivity index (χ1v) is 3.92. The third-order valence-corrected chi connectivity index (χ3v) is 2.11. The maximum Gasteiger partial charge on any atom is 0.326 e.